The zero-order valence-corrected chi connectivity index (χ0v) is 24.7. The van der Waals surface area contributed by atoms with Crippen LogP contribution in [0.5, 0.6) is 0 Å². The number of aliphatic hydroxyl groups is 1. The maximum atomic E-state index is 14.2. The highest BCUT2D eigenvalue weighted by Gasteiger charge is 2.79. The van der Waals surface area contributed by atoms with Crippen LogP contribution < -0.4 is 10.6 Å². The van der Waals surface area contributed by atoms with Crippen LogP contribution in [0, 0.1) is 23.2 Å². The van der Waals surface area contributed by atoms with Gasteiger partial charge in [0, 0.05) is 24.4 Å². The molecule has 39 heavy (non-hydrogen) atoms. The molecule has 3 saturated heterocycles. The highest BCUT2D eigenvalue weighted by Crippen LogP contribution is 2.65. The van der Waals surface area contributed by atoms with Crippen molar-refractivity contribution in [2.75, 3.05) is 18.5 Å². The molecule has 4 rings (SSSR count). The number of nitrogens with zero attached hydrogens (tertiary/aromatic N) is 1. The first-order valence-corrected chi connectivity index (χ1v) is 14.4. The van der Waals surface area contributed by atoms with Gasteiger partial charge in [-0.15, -0.1) is 0 Å². The van der Waals surface area contributed by atoms with E-state index in [9.17, 15) is 19.5 Å². The van der Waals surface area contributed by atoms with Crippen molar-refractivity contribution in [2.24, 2.45) is 23.2 Å². The number of amides is 3. The van der Waals surface area contributed by atoms with Gasteiger partial charge in [0.05, 0.1) is 17.4 Å². The molecule has 3 fully saturated rings. The molecule has 3 unspecified atom stereocenters. The van der Waals surface area contributed by atoms with E-state index in [1.165, 1.54) is 0 Å². The Morgan fingerprint density at radius 3 is 2.36 bits per heavy atom. The van der Waals surface area contributed by atoms with E-state index in [4.69, 9.17) is 4.74 Å². The van der Waals surface area contributed by atoms with Gasteiger partial charge in [-0.05, 0) is 76.3 Å². The van der Waals surface area contributed by atoms with Crippen LogP contribution in [0.4, 0.5) is 5.69 Å². The lowest BCUT2D eigenvalue weighted by atomic mass is 9.62. The van der Waals surface area contributed by atoms with Crippen molar-refractivity contribution in [3.8, 4) is 0 Å². The van der Waals surface area contributed by atoms with Crippen LogP contribution in [0.25, 0.3) is 0 Å². The lowest BCUT2D eigenvalue weighted by Gasteiger charge is -2.38. The Morgan fingerprint density at radius 2 is 1.74 bits per heavy atom. The number of aliphatic hydroxyl groups excluding tert-OH is 1. The molecule has 3 amide bonds. The van der Waals surface area contributed by atoms with Crippen LogP contribution in [0.3, 0.4) is 0 Å². The molecule has 3 aliphatic heterocycles. The number of para-hydroxylation sites is 1. The smallest absolute Gasteiger partial charge is 0.246 e. The minimum Gasteiger partial charge on any atom is -0.396 e. The van der Waals surface area contributed by atoms with Gasteiger partial charge in [0.25, 0.3) is 0 Å². The number of carbonyl (C=O) groups is 3. The zero-order chi connectivity index (χ0) is 28.8. The maximum Gasteiger partial charge on any atom is 0.246 e. The number of ether oxygens (including phenoxy) is 1. The molecule has 3 heterocycles. The Hall–Kier alpha value is -2.45. The highest BCUT2D eigenvalue weighted by molar-refractivity contribution is 6.02. The second kappa shape index (κ2) is 10.5. The third kappa shape index (κ3) is 5.47. The van der Waals surface area contributed by atoms with Gasteiger partial charge in [-0.2, -0.15) is 0 Å². The fourth-order valence-corrected chi connectivity index (χ4v) is 7.76. The Kier molecular flexibility index (Phi) is 7.96. The minimum absolute atomic E-state index is 0.00198. The van der Waals surface area contributed by atoms with E-state index < -0.39 is 34.6 Å². The van der Waals surface area contributed by atoms with Gasteiger partial charge in [-0.1, -0.05) is 45.9 Å². The molecule has 216 valence electrons. The van der Waals surface area contributed by atoms with Crippen molar-refractivity contribution < 1.29 is 24.2 Å². The minimum atomic E-state index is -1.07. The predicted octanol–water partition coefficient (Wildman–Crippen LogP) is 4.13. The number of carbonyl (C=O) groups excluding carboxylic acids is 3. The maximum absolute atomic E-state index is 14.2. The van der Waals surface area contributed by atoms with Crippen molar-refractivity contribution in [3.63, 3.8) is 0 Å². The molecule has 3 N–H and O–H groups in total. The molecule has 0 aromatic heterocycles. The number of likely N-dealkylation sites (tertiary alicyclic amines) is 1. The summed E-state index contributed by atoms with van der Waals surface area (Å²) in [4.78, 5) is 43.9. The van der Waals surface area contributed by atoms with E-state index in [2.05, 4.69) is 38.3 Å². The van der Waals surface area contributed by atoms with Crippen molar-refractivity contribution in [3.05, 3.63) is 30.3 Å². The summed E-state index contributed by atoms with van der Waals surface area (Å²) >= 11 is 0. The lowest BCUT2D eigenvalue weighted by Crippen LogP contribution is -2.59. The van der Waals surface area contributed by atoms with Gasteiger partial charge in [0.2, 0.25) is 17.7 Å². The molecular weight excluding hydrogens is 494 g/mol. The molecule has 3 aliphatic rings. The predicted molar refractivity (Wildman–Crippen MR) is 151 cm³/mol. The molecule has 0 aliphatic carbocycles. The van der Waals surface area contributed by atoms with Gasteiger partial charge >= 0.3 is 0 Å². The van der Waals surface area contributed by atoms with E-state index in [0.717, 1.165) is 12.8 Å². The summed E-state index contributed by atoms with van der Waals surface area (Å²) in [5.41, 5.74) is -1.76. The molecular formula is C31H47N3O5. The first kappa shape index (κ1) is 29.5. The third-order valence-electron chi connectivity index (χ3n) is 8.88. The Labute approximate surface area is 233 Å². The standard InChI is InChI=1S/C31H47N3O5/c1-20-18-31-23(22(30(20,7)39-31)25(36)32-21-14-10-8-11-15-21)27(38)34(16-12-9-13-17-35)24(31)26(37)33-29(5,6)19-28(2,3)4/h8,10-11,14-15,20,22-24,35H,9,12-13,16-19H2,1-7H3,(H,32,36)(H,33,37)/t20?,22-,23-,24?,30+,31?/m0/s1. The fraction of sp³-hybridized carbons (Fsp3) is 0.710. The lowest BCUT2D eigenvalue weighted by molar-refractivity contribution is -0.147. The first-order valence-electron chi connectivity index (χ1n) is 14.4. The van der Waals surface area contributed by atoms with Crippen molar-refractivity contribution in [1.82, 2.24) is 10.2 Å². The fourth-order valence-electron chi connectivity index (χ4n) is 7.76. The van der Waals surface area contributed by atoms with E-state index in [-0.39, 0.29) is 35.7 Å². The Balaban J connectivity index is 1.70. The number of benzene rings is 1. The second-order valence-corrected chi connectivity index (χ2v) is 14.0. The number of hydrogen-bond acceptors (Lipinski definition) is 5. The summed E-state index contributed by atoms with van der Waals surface area (Å²) in [7, 11) is 0. The summed E-state index contributed by atoms with van der Waals surface area (Å²) < 4.78 is 6.81. The van der Waals surface area contributed by atoms with Crippen LogP contribution in [-0.4, -0.2) is 63.7 Å². The average Bonchev–Trinajstić information content (AvgIpc) is 3.32. The van der Waals surface area contributed by atoms with Gasteiger partial charge in [-0.3, -0.25) is 14.4 Å². The van der Waals surface area contributed by atoms with Crippen molar-refractivity contribution in [1.29, 1.82) is 0 Å². The van der Waals surface area contributed by atoms with Crippen LogP contribution in [0.2, 0.25) is 0 Å². The summed E-state index contributed by atoms with van der Waals surface area (Å²) in [6.07, 6.45) is 3.35. The summed E-state index contributed by atoms with van der Waals surface area (Å²) in [6, 6.07) is 8.42. The van der Waals surface area contributed by atoms with Crippen LogP contribution in [0.1, 0.15) is 80.6 Å². The summed E-state index contributed by atoms with van der Waals surface area (Å²) in [6.45, 7) is 14.9. The van der Waals surface area contributed by atoms with Crippen molar-refractivity contribution >= 4 is 23.4 Å². The molecule has 1 aromatic carbocycles. The van der Waals surface area contributed by atoms with Crippen LogP contribution in [0.15, 0.2) is 30.3 Å². The number of rotatable bonds is 10. The molecule has 8 nitrogen and oxygen atoms in total. The molecule has 2 bridgehead atoms. The number of nitrogens with one attached hydrogen (secondary N) is 2. The number of fused-ring (bicyclic) bond motifs is 1. The molecule has 6 atom stereocenters. The van der Waals surface area contributed by atoms with E-state index in [0.29, 0.717) is 31.5 Å². The van der Waals surface area contributed by atoms with E-state index >= 15 is 0 Å². The topological polar surface area (TPSA) is 108 Å². The monoisotopic (exact) mass is 541 g/mol. The summed E-state index contributed by atoms with van der Waals surface area (Å²) in [5, 5.41) is 15.5. The van der Waals surface area contributed by atoms with Gasteiger partial charge in [0.1, 0.15) is 11.6 Å². The third-order valence-corrected chi connectivity index (χ3v) is 8.88. The average molecular weight is 542 g/mol. The second-order valence-electron chi connectivity index (χ2n) is 14.0. The van der Waals surface area contributed by atoms with Gasteiger partial charge in [-0.25, -0.2) is 0 Å². The largest absolute Gasteiger partial charge is 0.396 e. The zero-order valence-electron chi connectivity index (χ0n) is 24.7. The highest BCUT2D eigenvalue weighted by atomic mass is 16.5. The van der Waals surface area contributed by atoms with E-state index in [1.807, 2.05) is 51.1 Å². The Morgan fingerprint density at radius 1 is 1.08 bits per heavy atom. The summed E-state index contributed by atoms with van der Waals surface area (Å²) in [5.74, 6) is -2.11. The SMILES string of the molecule is CC1CC23O[C@@]1(C)[C@H](C(=O)Nc1ccccc1)[C@H]2C(=O)N(CCCCCO)C3C(=O)NC(C)(C)CC(C)(C)C. The molecule has 0 saturated carbocycles. The van der Waals surface area contributed by atoms with Crippen molar-refractivity contribution in [2.45, 2.75) is 103 Å². The normalized spacial score (nSPS) is 31.9. The number of unbranched alkanes of at least 4 members (excludes halogenated alkanes) is 2. The quantitative estimate of drug-likeness (QED) is 0.386. The molecule has 1 aromatic rings. The van der Waals surface area contributed by atoms with Gasteiger partial charge < -0.3 is 25.4 Å². The van der Waals surface area contributed by atoms with Gasteiger partial charge in [0.15, 0.2) is 0 Å². The molecule has 1 spiro atoms. The van der Waals surface area contributed by atoms with E-state index in [1.54, 1.807) is 4.90 Å². The number of anilines is 1. The molecule has 0 radical (unpaired) electrons. The van der Waals surface area contributed by atoms with Crippen LogP contribution in [-0.2, 0) is 19.1 Å². The Bertz CT molecular complexity index is 1080. The first-order chi connectivity index (χ1) is 18.2. The molecule has 8 heteroatoms. The van der Waals surface area contributed by atoms with Crippen LogP contribution >= 0.6 is 0 Å². The number of hydrogen-bond donors (Lipinski definition) is 3.